The third-order valence-electron chi connectivity index (χ3n) is 3.60. The molecular formula is C20H21BrClFO2. The highest BCUT2D eigenvalue weighted by Gasteiger charge is 2.10. The molecular weight excluding hydrogens is 407 g/mol. The van der Waals surface area contributed by atoms with Crippen LogP contribution in [-0.2, 0) is 11.2 Å². The first kappa shape index (κ1) is 21.5. The van der Waals surface area contributed by atoms with Crippen molar-refractivity contribution in [2.45, 2.75) is 40.0 Å². The van der Waals surface area contributed by atoms with Crippen molar-refractivity contribution in [1.29, 1.82) is 0 Å². The molecule has 5 heteroatoms. The number of Topliss-reactive ketones (excluding diaryl/α,β-unsaturated/α-hetero) is 2. The molecule has 0 bridgehead atoms. The Morgan fingerprint density at radius 2 is 1.80 bits per heavy atom. The van der Waals surface area contributed by atoms with E-state index in [1.54, 1.807) is 18.2 Å². The number of benzene rings is 2. The maximum atomic E-state index is 12.8. The largest absolute Gasteiger partial charge is 0.300 e. The monoisotopic (exact) mass is 426 g/mol. The molecule has 0 aliphatic heterocycles. The minimum atomic E-state index is -0.128. The van der Waals surface area contributed by atoms with Gasteiger partial charge in [0.05, 0.1) is 0 Å². The van der Waals surface area contributed by atoms with E-state index in [1.807, 2.05) is 26.0 Å². The molecule has 134 valence electrons. The Bertz CT molecular complexity index is 759. The summed E-state index contributed by atoms with van der Waals surface area (Å²) in [5.74, 6) is -0.120. The van der Waals surface area contributed by atoms with Crippen molar-refractivity contribution in [3.8, 4) is 0 Å². The molecule has 0 amide bonds. The summed E-state index contributed by atoms with van der Waals surface area (Å²) in [6.07, 6.45) is 1.31. The first-order valence-corrected chi connectivity index (χ1v) is 9.14. The number of halogens is 3. The van der Waals surface area contributed by atoms with Crippen LogP contribution in [0.5, 0.6) is 0 Å². The molecule has 0 saturated carbocycles. The van der Waals surface area contributed by atoms with E-state index in [0.29, 0.717) is 17.0 Å². The summed E-state index contributed by atoms with van der Waals surface area (Å²) in [7, 11) is 0. The summed E-state index contributed by atoms with van der Waals surface area (Å²) >= 11 is 8.99. The van der Waals surface area contributed by atoms with Crippen molar-refractivity contribution in [2.75, 3.05) is 0 Å². The predicted molar refractivity (Wildman–Crippen MR) is 104 cm³/mol. The fourth-order valence-electron chi connectivity index (χ4n) is 2.13. The first-order chi connectivity index (χ1) is 11.7. The second-order valence-electron chi connectivity index (χ2n) is 5.67. The first-order valence-electron chi connectivity index (χ1n) is 7.97. The lowest BCUT2D eigenvalue weighted by Gasteiger charge is -2.04. The topological polar surface area (TPSA) is 34.1 Å². The molecule has 2 aromatic carbocycles. The second kappa shape index (κ2) is 10.5. The van der Waals surface area contributed by atoms with Crippen LogP contribution >= 0.6 is 27.5 Å². The Morgan fingerprint density at radius 3 is 2.36 bits per heavy atom. The molecule has 2 rings (SSSR count). The summed E-state index contributed by atoms with van der Waals surface area (Å²) in [5.41, 5.74) is 2.28. The summed E-state index contributed by atoms with van der Waals surface area (Å²) < 4.78 is 13.6. The van der Waals surface area contributed by atoms with Gasteiger partial charge in [-0.2, -0.15) is 0 Å². The molecule has 25 heavy (non-hydrogen) atoms. The number of carbonyl (C=O) groups excluding carboxylic acids is 2. The fraction of sp³-hybridized carbons (Fsp3) is 0.300. The van der Waals surface area contributed by atoms with Crippen molar-refractivity contribution in [2.24, 2.45) is 0 Å². The highest BCUT2D eigenvalue weighted by atomic mass is 79.9. The molecule has 0 spiro atoms. The lowest BCUT2D eigenvalue weighted by atomic mass is 10.0. The number of ketones is 2. The molecule has 0 saturated heterocycles. The molecule has 0 radical (unpaired) electrons. The maximum Gasteiger partial charge on any atom is 0.163 e. The summed E-state index contributed by atoms with van der Waals surface area (Å²) in [6, 6.07) is 10.3. The third kappa shape index (κ3) is 7.49. The van der Waals surface area contributed by atoms with Crippen molar-refractivity contribution in [3.05, 3.63) is 68.4 Å². The van der Waals surface area contributed by atoms with Crippen LogP contribution in [-0.4, -0.2) is 11.6 Å². The van der Waals surface area contributed by atoms with Crippen LogP contribution in [0.2, 0.25) is 5.02 Å². The Labute approximate surface area is 161 Å². The van der Waals surface area contributed by atoms with E-state index in [1.165, 1.54) is 13.0 Å². The number of rotatable bonds is 5. The predicted octanol–water partition coefficient (Wildman–Crippen LogP) is 6.35. The summed E-state index contributed by atoms with van der Waals surface area (Å²) in [4.78, 5) is 22.5. The highest BCUT2D eigenvalue weighted by molar-refractivity contribution is 9.10. The van der Waals surface area contributed by atoms with Crippen molar-refractivity contribution in [1.82, 2.24) is 0 Å². The Kier molecular flexibility index (Phi) is 9.01. The van der Waals surface area contributed by atoms with Crippen molar-refractivity contribution < 1.29 is 14.0 Å². The van der Waals surface area contributed by atoms with E-state index < -0.39 is 0 Å². The van der Waals surface area contributed by atoms with Gasteiger partial charge in [-0.15, -0.1) is 0 Å². The number of hydrogen-bond acceptors (Lipinski definition) is 2. The fourth-order valence-corrected chi connectivity index (χ4v) is 2.63. The molecule has 0 aliphatic rings. The van der Waals surface area contributed by atoms with Crippen LogP contribution in [0.4, 0.5) is 4.39 Å². The van der Waals surface area contributed by atoms with Gasteiger partial charge < -0.3 is 4.79 Å². The van der Waals surface area contributed by atoms with Crippen LogP contribution < -0.4 is 0 Å². The minimum absolute atomic E-state index is 0.0230. The molecule has 0 heterocycles. The minimum Gasteiger partial charge on any atom is -0.300 e. The molecule has 0 fully saturated rings. The van der Waals surface area contributed by atoms with Gasteiger partial charge in [0, 0.05) is 27.9 Å². The standard InChI is InChI=1S/C12H13ClO2.C8H8BrF/c1-8-3-5-10(13)7-11(8)12(15)6-4-9(2)14;1-2-6-3-4-7(9)5-8(6)10/h3,5,7H,4,6H2,1-2H3;3-5H,2H2,1H3. The average molecular weight is 428 g/mol. The van der Waals surface area contributed by atoms with Gasteiger partial charge in [-0.1, -0.05) is 46.6 Å². The van der Waals surface area contributed by atoms with Gasteiger partial charge in [0.2, 0.25) is 0 Å². The van der Waals surface area contributed by atoms with Gasteiger partial charge in [0.15, 0.2) is 5.78 Å². The summed E-state index contributed by atoms with van der Waals surface area (Å²) in [6.45, 7) is 5.28. The van der Waals surface area contributed by atoms with Crippen molar-refractivity contribution in [3.63, 3.8) is 0 Å². The maximum absolute atomic E-state index is 12.8. The molecule has 2 aromatic rings. The van der Waals surface area contributed by atoms with Gasteiger partial charge in [0.25, 0.3) is 0 Å². The van der Waals surface area contributed by atoms with Gasteiger partial charge in [-0.3, -0.25) is 4.79 Å². The Hall–Kier alpha value is -1.52. The Balaban J connectivity index is 0.000000271. The number of aryl methyl sites for hydroxylation is 2. The molecule has 0 atom stereocenters. The average Bonchev–Trinajstić information content (AvgIpc) is 2.55. The van der Waals surface area contributed by atoms with Crippen LogP contribution in [0.15, 0.2) is 40.9 Å². The lowest BCUT2D eigenvalue weighted by molar-refractivity contribution is -0.116. The van der Waals surface area contributed by atoms with Crippen LogP contribution in [0, 0.1) is 12.7 Å². The molecule has 0 aliphatic carbocycles. The van der Waals surface area contributed by atoms with E-state index in [9.17, 15) is 14.0 Å². The normalized spacial score (nSPS) is 10.0. The molecule has 0 N–H and O–H groups in total. The van der Waals surface area contributed by atoms with E-state index in [0.717, 1.165) is 22.0 Å². The van der Waals surface area contributed by atoms with Crippen molar-refractivity contribution >= 4 is 39.1 Å². The van der Waals surface area contributed by atoms with E-state index in [-0.39, 0.29) is 23.8 Å². The zero-order chi connectivity index (χ0) is 19.0. The zero-order valence-corrected chi connectivity index (χ0v) is 16.9. The SMILES string of the molecule is CC(=O)CCC(=O)c1cc(Cl)ccc1C.CCc1ccc(Br)cc1F. The number of hydrogen-bond donors (Lipinski definition) is 0. The van der Waals surface area contributed by atoms with E-state index in [4.69, 9.17) is 11.6 Å². The van der Waals surface area contributed by atoms with E-state index >= 15 is 0 Å². The second-order valence-corrected chi connectivity index (χ2v) is 7.03. The van der Waals surface area contributed by atoms with Gasteiger partial charge in [-0.05, 0) is 55.7 Å². The van der Waals surface area contributed by atoms with E-state index in [2.05, 4.69) is 15.9 Å². The van der Waals surface area contributed by atoms with Crippen LogP contribution in [0.3, 0.4) is 0 Å². The summed E-state index contributed by atoms with van der Waals surface area (Å²) in [5, 5.41) is 0.548. The molecule has 0 aromatic heterocycles. The molecule has 0 unspecified atom stereocenters. The van der Waals surface area contributed by atoms with Crippen LogP contribution in [0.25, 0.3) is 0 Å². The molecule has 2 nitrogen and oxygen atoms in total. The van der Waals surface area contributed by atoms with Gasteiger partial charge in [0.1, 0.15) is 11.6 Å². The lowest BCUT2D eigenvalue weighted by Crippen LogP contribution is -2.04. The zero-order valence-electron chi connectivity index (χ0n) is 14.5. The quantitative estimate of drug-likeness (QED) is 0.521. The van der Waals surface area contributed by atoms with Gasteiger partial charge >= 0.3 is 0 Å². The number of carbonyl (C=O) groups is 2. The highest BCUT2D eigenvalue weighted by Crippen LogP contribution is 2.17. The van der Waals surface area contributed by atoms with Crippen LogP contribution in [0.1, 0.15) is 48.2 Å². The third-order valence-corrected chi connectivity index (χ3v) is 4.33. The smallest absolute Gasteiger partial charge is 0.163 e. The Morgan fingerprint density at radius 1 is 1.12 bits per heavy atom. The van der Waals surface area contributed by atoms with Gasteiger partial charge in [-0.25, -0.2) is 4.39 Å².